The number of rotatable bonds is 5. The average molecular weight is 275 g/mol. The molecule has 1 aliphatic heterocycles. The van der Waals surface area contributed by atoms with Crippen molar-refractivity contribution in [2.75, 3.05) is 31.6 Å². The first-order valence-corrected chi connectivity index (χ1v) is 7.30. The third-order valence-corrected chi connectivity index (χ3v) is 4.06. The maximum Gasteiger partial charge on any atom is 0.139 e. The normalized spacial score (nSPS) is 19.2. The number of nitrogen functional groups attached to an aromatic ring is 1. The maximum atomic E-state index is 7.70. The molecule has 0 aliphatic carbocycles. The maximum absolute atomic E-state index is 7.70. The summed E-state index contributed by atoms with van der Waals surface area (Å²) in [5.41, 5.74) is 7.35. The van der Waals surface area contributed by atoms with Crippen LogP contribution in [0.4, 0.5) is 5.82 Å². The topological polar surface area (TPSA) is 69.2 Å². The van der Waals surface area contributed by atoms with E-state index in [1.54, 1.807) is 0 Å². The molecule has 1 atom stereocenters. The minimum atomic E-state index is 0.0816. The van der Waals surface area contributed by atoms with Gasteiger partial charge in [-0.1, -0.05) is 6.92 Å². The van der Waals surface area contributed by atoms with Crippen LogP contribution in [0.5, 0.6) is 0 Å². The first-order valence-electron chi connectivity index (χ1n) is 7.30. The van der Waals surface area contributed by atoms with Crippen molar-refractivity contribution in [3.05, 3.63) is 23.4 Å². The number of likely N-dealkylation sites (N-methyl/N-ethyl adjacent to an activating group) is 2. The second-order valence-electron chi connectivity index (χ2n) is 5.54. The number of nitrogens with one attached hydrogen (secondary N) is 1. The van der Waals surface area contributed by atoms with E-state index in [1.165, 1.54) is 19.4 Å². The molecule has 1 fully saturated rings. The highest BCUT2D eigenvalue weighted by Gasteiger charge is 2.25. The molecule has 2 rings (SSSR count). The fourth-order valence-electron chi connectivity index (χ4n) is 2.97. The van der Waals surface area contributed by atoms with Crippen LogP contribution in [0.2, 0.25) is 0 Å². The van der Waals surface area contributed by atoms with Crippen LogP contribution in [0.25, 0.3) is 0 Å². The molecular formula is C15H25N5. The molecule has 1 aromatic rings. The molecule has 1 aromatic heterocycles. The van der Waals surface area contributed by atoms with Gasteiger partial charge in [0.1, 0.15) is 11.7 Å². The Hall–Kier alpha value is -1.62. The number of hydrogen-bond acceptors (Lipinski definition) is 4. The van der Waals surface area contributed by atoms with Gasteiger partial charge < -0.3 is 10.6 Å². The third-order valence-electron chi connectivity index (χ3n) is 4.06. The monoisotopic (exact) mass is 275 g/mol. The summed E-state index contributed by atoms with van der Waals surface area (Å²) >= 11 is 0. The minimum absolute atomic E-state index is 0.0816. The highest BCUT2D eigenvalue weighted by molar-refractivity contribution is 5.99. The van der Waals surface area contributed by atoms with Gasteiger partial charge in [0.05, 0.1) is 5.56 Å². The molecule has 1 saturated heterocycles. The van der Waals surface area contributed by atoms with Gasteiger partial charge in [-0.05, 0) is 45.0 Å². The van der Waals surface area contributed by atoms with Crippen LogP contribution >= 0.6 is 0 Å². The molecule has 5 heteroatoms. The van der Waals surface area contributed by atoms with Crippen molar-refractivity contribution in [2.24, 2.45) is 5.73 Å². The van der Waals surface area contributed by atoms with E-state index in [0.29, 0.717) is 6.04 Å². The SMILES string of the molecule is CCN1CCCC1CN(C)c1nc(C)ccc1C(=N)N. The largest absolute Gasteiger partial charge is 0.384 e. The summed E-state index contributed by atoms with van der Waals surface area (Å²) in [7, 11) is 2.04. The van der Waals surface area contributed by atoms with Crippen LogP contribution in [-0.2, 0) is 0 Å². The molecule has 0 bridgehead atoms. The molecule has 0 saturated carbocycles. The van der Waals surface area contributed by atoms with Gasteiger partial charge in [-0.2, -0.15) is 0 Å². The molecule has 0 aromatic carbocycles. The van der Waals surface area contributed by atoms with E-state index in [9.17, 15) is 0 Å². The summed E-state index contributed by atoms with van der Waals surface area (Å²) in [6.45, 7) is 7.40. The summed E-state index contributed by atoms with van der Waals surface area (Å²) in [6.07, 6.45) is 2.51. The van der Waals surface area contributed by atoms with Crippen LogP contribution in [0.3, 0.4) is 0 Å². The standard InChI is InChI=1S/C15H25N5/c1-4-20-9-5-6-12(20)10-19(3)15-13(14(16)17)8-7-11(2)18-15/h7-8,12H,4-6,9-10H2,1-3H3,(H3,16,17). The molecule has 1 aliphatic rings. The number of anilines is 1. The van der Waals surface area contributed by atoms with Crippen molar-refractivity contribution < 1.29 is 0 Å². The fourth-order valence-corrected chi connectivity index (χ4v) is 2.97. The van der Waals surface area contributed by atoms with Crippen molar-refractivity contribution in [2.45, 2.75) is 32.7 Å². The number of aryl methyl sites for hydroxylation is 1. The lowest BCUT2D eigenvalue weighted by atomic mass is 10.1. The number of amidine groups is 1. The summed E-state index contributed by atoms with van der Waals surface area (Å²) < 4.78 is 0. The summed E-state index contributed by atoms with van der Waals surface area (Å²) in [6, 6.07) is 4.37. The Kier molecular flexibility index (Phi) is 4.60. The zero-order chi connectivity index (χ0) is 14.7. The van der Waals surface area contributed by atoms with Gasteiger partial charge in [0.2, 0.25) is 0 Å². The van der Waals surface area contributed by atoms with Gasteiger partial charge in [0.15, 0.2) is 0 Å². The lowest BCUT2D eigenvalue weighted by Gasteiger charge is -2.29. The van der Waals surface area contributed by atoms with Gasteiger partial charge >= 0.3 is 0 Å². The van der Waals surface area contributed by atoms with E-state index in [0.717, 1.165) is 30.2 Å². The highest BCUT2D eigenvalue weighted by Crippen LogP contribution is 2.22. The van der Waals surface area contributed by atoms with E-state index < -0.39 is 0 Å². The Morgan fingerprint density at radius 2 is 2.30 bits per heavy atom. The number of aromatic nitrogens is 1. The molecule has 3 N–H and O–H groups in total. The Bertz CT molecular complexity index is 485. The summed E-state index contributed by atoms with van der Waals surface area (Å²) in [4.78, 5) is 9.23. The quantitative estimate of drug-likeness (QED) is 0.632. The molecule has 0 amide bonds. The van der Waals surface area contributed by atoms with Gasteiger partial charge in [-0.15, -0.1) is 0 Å². The Morgan fingerprint density at radius 3 is 2.95 bits per heavy atom. The predicted octanol–water partition coefficient (Wildman–Crippen LogP) is 1.59. The Balaban J connectivity index is 2.18. The second-order valence-corrected chi connectivity index (χ2v) is 5.54. The molecular weight excluding hydrogens is 250 g/mol. The van der Waals surface area contributed by atoms with Crippen molar-refractivity contribution in [3.63, 3.8) is 0 Å². The molecule has 20 heavy (non-hydrogen) atoms. The molecule has 0 radical (unpaired) electrons. The summed E-state index contributed by atoms with van der Waals surface area (Å²) in [5.74, 6) is 0.901. The lowest BCUT2D eigenvalue weighted by molar-refractivity contribution is 0.270. The van der Waals surface area contributed by atoms with E-state index in [-0.39, 0.29) is 5.84 Å². The van der Waals surface area contributed by atoms with Gasteiger partial charge in [0.25, 0.3) is 0 Å². The second kappa shape index (κ2) is 6.22. The fraction of sp³-hybridized carbons (Fsp3) is 0.600. The van der Waals surface area contributed by atoms with Crippen molar-refractivity contribution in [1.82, 2.24) is 9.88 Å². The van der Waals surface area contributed by atoms with Crippen LogP contribution in [-0.4, -0.2) is 48.4 Å². The van der Waals surface area contributed by atoms with Gasteiger partial charge in [0, 0.05) is 25.3 Å². The molecule has 110 valence electrons. The lowest BCUT2D eigenvalue weighted by Crippen LogP contribution is -2.39. The molecule has 0 spiro atoms. The third kappa shape index (κ3) is 3.10. The highest BCUT2D eigenvalue weighted by atomic mass is 15.2. The van der Waals surface area contributed by atoms with Crippen molar-refractivity contribution in [3.8, 4) is 0 Å². The zero-order valence-electron chi connectivity index (χ0n) is 12.7. The number of likely N-dealkylation sites (tertiary alicyclic amines) is 1. The van der Waals surface area contributed by atoms with E-state index in [1.807, 2.05) is 26.1 Å². The average Bonchev–Trinajstić information content (AvgIpc) is 2.85. The Morgan fingerprint density at radius 1 is 1.55 bits per heavy atom. The first-order chi connectivity index (χ1) is 9.52. The number of nitrogens with zero attached hydrogens (tertiary/aromatic N) is 3. The number of hydrogen-bond donors (Lipinski definition) is 2. The smallest absolute Gasteiger partial charge is 0.139 e. The van der Waals surface area contributed by atoms with Crippen molar-refractivity contribution >= 4 is 11.7 Å². The Labute approximate surface area is 121 Å². The number of nitrogens with two attached hydrogens (primary N) is 1. The minimum Gasteiger partial charge on any atom is -0.384 e. The van der Waals surface area contributed by atoms with Gasteiger partial charge in [-0.3, -0.25) is 10.3 Å². The van der Waals surface area contributed by atoms with E-state index in [2.05, 4.69) is 21.7 Å². The molecule has 1 unspecified atom stereocenters. The first kappa shape index (κ1) is 14.8. The molecule has 2 heterocycles. The van der Waals surface area contributed by atoms with Crippen LogP contribution in [0.15, 0.2) is 12.1 Å². The van der Waals surface area contributed by atoms with E-state index in [4.69, 9.17) is 11.1 Å². The predicted molar refractivity (Wildman–Crippen MR) is 83.5 cm³/mol. The van der Waals surface area contributed by atoms with Crippen LogP contribution in [0.1, 0.15) is 31.0 Å². The van der Waals surface area contributed by atoms with Crippen LogP contribution in [0, 0.1) is 12.3 Å². The van der Waals surface area contributed by atoms with Crippen molar-refractivity contribution in [1.29, 1.82) is 5.41 Å². The van der Waals surface area contributed by atoms with E-state index >= 15 is 0 Å². The molecule has 5 nitrogen and oxygen atoms in total. The van der Waals surface area contributed by atoms with Crippen LogP contribution < -0.4 is 10.6 Å². The zero-order valence-corrected chi connectivity index (χ0v) is 12.7. The number of pyridine rings is 1. The van der Waals surface area contributed by atoms with Gasteiger partial charge in [-0.25, -0.2) is 4.98 Å². The summed E-state index contributed by atoms with van der Waals surface area (Å²) in [5, 5.41) is 7.70.